The average Bonchev–Trinajstić information content (AvgIpc) is 2.96. The predicted octanol–water partition coefficient (Wildman–Crippen LogP) is 5.18. The number of unbranched alkanes of at least 4 members (excludes halogenated alkanes) is 1. The number of aliphatic hydroxyl groups excluding tert-OH is 1. The molecule has 0 aliphatic carbocycles. The van der Waals surface area contributed by atoms with Crippen LogP contribution >= 0.6 is 0 Å². The van der Waals surface area contributed by atoms with Gasteiger partial charge in [0.2, 0.25) is 0 Å². The van der Waals surface area contributed by atoms with Crippen LogP contribution in [0.2, 0.25) is 0 Å². The third-order valence-corrected chi connectivity index (χ3v) is 5.36. The van der Waals surface area contributed by atoms with Crippen LogP contribution < -0.4 is 4.74 Å². The summed E-state index contributed by atoms with van der Waals surface area (Å²) in [4.78, 5) is 4.66. The number of hydrogen-bond donors (Lipinski definition) is 1. The molecule has 0 aliphatic rings. The molecule has 3 aromatic rings. The fourth-order valence-corrected chi connectivity index (χ4v) is 3.39. The van der Waals surface area contributed by atoms with E-state index in [0.29, 0.717) is 6.61 Å². The number of imidazole rings is 1. The van der Waals surface area contributed by atoms with Gasteiger partial charge in [0.15, 0.2) is 0 Å². The SMILES string of the molecule is Cc1cc2nc(C(C)O)n(CCCCOc3cccc(C)c3C)c2cc1C. The molecular weight excluding hydrogens is 336 g/mol. The van der Waals surface area contributed by atoms with Gasteiger partial charge in [0, 0.05) is 6.54 Å². The van der Waals surface area contributed by atoms with E-state index >= 15 is 0 Å². The second-order valence-electron chi connectivity index (χ2n) is 7.48. The van der Waals surface area contributed by atoms with Crippen molar-refractivity contribution in [1.82, 2.24) is 9.55 Å². The van der Waals surface area contributed by atoms with Crippen LogP contribution in [-0.2, 0) is 6.54 Å². The zero-order valence-electron chi connectivity index (χ0n) is 17.0. The van der Waals surface area contributed by atoms with Crippen LogP contribution in [0.1, 0.15) is 53.9 Å². The minimum absolute atomic E-state index is 0.579. The number of benzene rings is 2. The van der Waals surface area contributed by atoms with E-state index in [1.54, 1.807) is 6.92 Å². The van der Waals surface area contributed by atoms with Crippen molar-refractivity contribution in [1.29, 1.82) is 0 Å². The third-order valence-electron chi connectivity index (χ3n) is 5.36. The lowest BCUT2D eigenvalue weighted by Crippen LogP contribution is -2.08. The highest BCUT2D eigenvalue weighted by Crippen LogP contribution is 2.25. The third kappa shape index (κ3) is 4.16. The van der Waals surface area contributed by atoms with Crippen LogP contribution in [0.15, 0.2) is 30.3 Å². The lowest BCUT2D eigenvalue weighted by molar-refractivity contribution is 0.184. The van der Waals surface area contributed by atoms with Gasteiger partial charge < -0.3 is 14.4 Å². The Kier molecular flexibility index (Phi) is 5.85. The molecular formula is C23H30N2O2. The van der Waals surface area contributed by atoms with Crippen LogP contribution in [0.5, 0.6) is 5.75 Å². The fraction of sp³-hybridized carbons (Fsp3) is 0.435. The molecule has 0 saturated carbocycles. The van der Waals surface area contributed by atoms with Gasteiger partial charge in [0.25, 0.3) is 0 Å². The molecule has 0 amide bonds. The summed E-state index contributed by atoms with van der Waals surface area (Å²) >= 11 is 0. The first-order valence-electron chi connectivity index (χ1n) is 9.73. The molecule has 0 aliphatic heterocycles. The van der Waals surface area contributed by atoms with Gasteiger partial charge in [-0.2, -0.15) is 0 Å². The van der Waals surface area contributed by atoms with E-state index in [1.165, 1.54) is 22.3 Å². The molecule has 3 rings (SSSR count). The van der Waals surface area contributed by atoms with Crippen LogP contribution in [0.25, 0.3) is 11.0 Å². The van der Waals surface area contributed by atoms with Gasteiger partial charge in [-0.3, -0.25) is 0 Å². The van der Waals surface area contributed by atoms with Gasteiger partial charge in [-0.25, -0.2) is 4.98 Å². The molecule has 4 nitrogen and oxygen atoms in total. The summed E-state index contributed by atoms with van der Waals surface area (Å²) in [5, 5.41) is 10.1. The van der Waals surface area contributed by atoms with Gasteiger partial charge in [0.05, 0.1) is 17.6 Å². The molecule has 2 aromatic carbocycles. The van der Waals surface area contributed by atoms with Crippen molar-refractivity contribution < 1.29 is 9.84 Å². The Labute approximate surface area is 161 Å². The molecule has 0 fully saturated rings. The van der Waals surface area contributed by atoms with Gasteiger partial charge in [-0.1, -0.05) is 12.1 Å². The normalized spacial score (nSPS) is 12.5. The van der Waals surface area contributed by atoms with Crippen molar-refractivity contribution in [3.63, 3.8) is 0 Å². The highest BCUT2D eigenvalue weighted by atomic mass is 16.5. The van der Waals surface area contributed by atoms with E-state index in [-0.39, 0.29) is 0 Å². The number of hydrogen-bond acceptors (Lipinski definition) is 3. The zero-order chi connectivity index (χ0) is 19.6. The molecule has 1 N–H and O–H groups in total. The first-order chi connectivity index (χ1) is 12.9. The molecule has 1 aromatic heterocycles. The van der Waals surface area contributed by atoms with Gasteiger partial charge >= 0.3 is 0 Å². The quantitative estimate of drug-likeness (QED) is 0.586. The van der Waals surface area contributed by atoms with Crippen molar-refractivity contribution in [3.8, 4) is 5.75 Å². The van der Waals surface area contributed by atoms with E-state index in [1.807, 2.05) is 12.1 Å². The van der Waals surface area contributed by atoms with Crippen molar-refractivity contribution in [2.75, 3.05) is 6.61 Å². The molecule has 1 unspecified atom stereocenters. The number of aromatic nitrogens is 2. The Morgan fingerprint density at radius 3 is 2.52 bits per heavy atom. The Morgan fingerprint density at radius 2 is 1.78 bits per heavy atom. The maximum atomic E-state index is 10.1. The van der Waals surface area contributed by atoms with E-state index < -0.39 is 6.10 Å². The van der Waals surface area contributed by atoms with Crippen LogP contribution in [0, 0.1) is 27.7 Å². The Morgan fingerprint density at radius 1 is 1.04 bits per heavy atom. The maximum Gasteiger partial charge on any atom is 0.138 e. The summed E-state index contributed by atoms with van der Waals surface area (Å²) in [5.41, 5.74) is 7.00. The summed E-state index contributed by atoms with van der Waals surface area (Å²) in [6, 6.07) is 10.5. The smallest absolute Gasteiger partial charge is 0.138 e. The summed E-state index contributed by atoms with van der Waals surface area (Å²) < 4.78 is 8.12. The summed E-state index contributed by atoms with van der Waals surface area (Å²) in [5.74, 6) is 1.71. The molecule has 0 radical (unpaired) electrons. The second kappa shape index (κ2) is 8.13. The highest BCUT2D eigenvalue weighted by Gasteiger charge is 2.15. The lowest BCUT2D eigenvalue weighted by Gasteiger charge is -2.13. The van der Waals surface area contributed by atoms with Crippen molar-refractivity contribution >= 4 is 11.0 Å². The predicted molar refractivity (Wildman–Crippen MR) is 110 cm³/mol. The van der Waals surface area contributed by atoms with E-state index in [0.717, 1.165) is 42.0 Å². The monoisotopic (exact) mass is 366 g/mol. The number of nitrogens with zero attached hydrogens (tertiary/aromatic N) is 2. The minimum Gasteiger partial charge on any atom is -0.493 e. The summed E-state index contributed by atoms with van der Waals surface area (Å²) in [6.07, 6.45) is 1.35. The molecule has 0 spiro atoms. The van der Waals surface area contributed by atoms with Crippen LogP contribution in [-0.4, -0.2) is 21.3 Å². The molecule has 1 atom stereocenters. The number of aliphatic hydroxyl groups is 1. The Balaban J connectivity index is 1.67. The van der Waals surface area contributed by atoms with Crippen molar-refractivity contribution in [2.24, 2.45) is 0 Å². The molecule has 1 heterocycles. The first-order valence-corrected chi connectivity index (χ1v) is 9.73. The lowest BCUT2D eigenvalue weighted by atomic mass is 10.1. The molecule has 27 heavy (non-hydrogen) atoms. The molecule has 0 saturated heterocycles. The first kappa shape index (κ1) is 19.4. The maximum absolute atomic E-state index is 10.1. The largest absolute Gasteiger partial charge is 0.493 e. The van der Waals surface area contributed by atoms with Gasteiger partial charge in [-0.15, -0.1) is 0 Å². The number of ether oxygens (including phenoxy) is 1. The Hall–Kier alpha value is -2.33. The molecule has 144 valence electrons. The van der Waals surface area contributed by atoms with Crippen LogP contribution in [0.3, 0.4) is 0 Å². The van der Waals surface area contributed by atoms with Crippen LogP contribution in [0.4, 0.5) is 0 Å². The van der Waals surface area contributed by atoms with E-state index in [9.17, 15) is 5.11 Å². The van der Waals surface area contributed by atoms with Gasteiger partial charge in [0.1, 0.15) is 17.7 Å². The summed E-state index contributed by atoms with van der Waals surface area (Å²) in [7, 11) is 0. The van der Waals surface area contributed by atoms with Gasteiger partial charge in [-0.05, 0) is 87.9 Å². The molecule has 4 heteroatoms. The van der Waals surface area contributed by atoms with Crippen molar-refractivity contribution in [3.05, 3.63) is 58.4 Å². The minimum atomic E-state index is -0.579. The average molecular weight is 367 g/mol. The fourth-order valence-electron chi connectivity index (χ4n) is 3.39. The van der Waals surface area contributed by atoms with E-state index in [4.69, 9.17) is 4.74 Å². The second-order valence-corrected chi connectivity index (χ2v) is 7.48. The number of aryl methyl sites for hydroxylation is 4. The topological polar surface area (TPSA) is 47.3 Å². The Bertz CT molecular complexity index is 941. The zero-order valence-corrected chi connectivity index (χ0v) is 17.0. The standard InChI is InChI=1S/C23H30N2O2/c1-15-9-8-10-22(18(15)4)27-12-7-6-11-25-21-14-17(3)16(2)13-20(21)24-23(25)19(5)26/h8-10,13-14,19,26H,6-7,11-12H2,1-5H3. The van der Waals surface area contributed by atoms with E-state index in [2.05, 4.69) is 55.4 Å². The summed E-state index contributed by atoms with van der Waals surface area (Å²) in [6.45, 7) is 11.7. The highest BCUT2D eigenvalue weighted by molar-refractivity contribution is 5.78. The molecule has 0 bridgehead atoms. The number of fused-ring (bicyclic) bond motifs is 1. The van der Waals surface area contributed by atoms with Crippen molar-refractivity contribution in [2.45, 2.75) is 60.1 Å². The number of rotatable bonds is 7.